The van der Waals surface area contributed by atoms with Crippen molar-refractivity contribution >= 4 is 50.3 Å². The number of carbonyl (C=O) groups is 1. The van der Waals surface area contributed by atoms with E-state index in [1.165, 1.54) is 11.3 Å². The largest absolute Gasteiger partial charge is 0.313 e. The van der Waals surface area contributed by atoms with Crippen LogP contribution in [0.3, 0.4) is 0 Å². The van der Waals surface area contributed by atoms with Crippen LogP contribution in [0.4, 0.5) is 0 Å². The first-order chi connectivity index (χ1) is 18.0. The summed E-state index contributed by atoms with van der Waals surface area (Å²) in [6.45, 7) is 1.99. The highest BCUT2D eigenvalue weighted by atomic mass is 35.5. The third kappa shape index (κ3) is 6.64. The monoisotopic (exact) mass is 597 g/mol. The Kier molecular flexibility index (Phi) is 8.59. The number of imidazole rings is 1. The first kappa shape index (κ1) is 27.9. The predicted octanol–water partition coefficient (Wildman–Crippen LogP) is 3.54. The van der Waals surface area contributed by atoms with E-state index in [2.05, 4.69) is 27.1 Å². The van der Waals surface area contributed by atoms with Gasteiger partial charge in [0, 0.05) is 30.1 Å². The predicted molar refractivity (Wildman–Crippen MR) is 144 cm³/mol. The maximum atomic E-state index is 13.2. The van der Waals surface area contributed by atoms with E-state index in [1.807, 2.05) is 6.07 Å². The third-order valence-corrected chi connectivity index (χ3v) is 8.69. The van der Waals surface area contributed by atoms with Gasteiger partial charge in [0.2, 0.25) is 0 Å². The van der Waals surface area contributed by atoms with Gasteiger partial charge in [0.25, 0.3) is 11.0 Å². The van der Waals surface area contributed by atoms with Crippen molar-refractivity contribution in [3.63, 3.8) is 0 Å². The van der Waals surface area contributed by atoms with Gasteiger partial charge in [0.05, 0.1) is 27.1 Å². The molecular weight excluding hydrogens is 577 g/mol. The molecule has 0 aliphatic carbocycles. The molecule has 38 heavy (non-hydrogen) atoms. The van der Waals surface area contributed by atoms with Crippen molar-refractivity contribution in [3.8, 4) is 28.2 Å². The van der Waals surface area contributed by atoms with E-state index in [9.17, 15) is 23.3 Å². The van der Waals surface area contributed by atoms with Crippen molar-refractivity contribution in [1.29, 1.82) is 0 Å². The molecule has 11 nitrogen and oxygen atoms in total. The topological polar surface area (TPSA) is 137 Å². The van der Waals surface area contributed by atoms with Gasteiger partial charge in [0.15, 0.2) is 15.5 Å². The summed E-state index contributed by atoms with van der Waals surface area (Å²) in [6, 6.07) is 8.58. The summed E-state index contributed by atoms with van der Waals surface area (Å²) < 4.78 is 25.3. The molecule has 1 saturated heterocycles. The molecule has 4 rings (SSSR count). The van der Waals surface area contributed by atoms with E-state index in [1.54, 1.807) is 40.8 Å². The van der Waals surface area contributed by atoms with Gasteiger partial charge in [-0.15, -0.1) is 21.5 Å². The minimum Gasteiger partial charge on any atom is -0.313 e. The molecule has 1 aromatic carbocycles. The van der Waals surface area contributed by atoms with Crippen LogP contribution in [0, 0.1) is 28.9 Å². The van der Waals surface area contributed by atoms with E-state index >= 15 is 0 Å². The van der Waals surface area contributed by atoms with Gasteiger partial charge in [0.1, 0.15) is 17.4 Å². The molecule has 0 radical (unpaired) electrons. The van der Waals surface area contributed by atoms with Crippen LogP contribution in [0.25, 0.3) is 16.4 Å². The number of nitrogens with zero attached hydrogens (tertiary/aromatic N) is 4. The number of carbonyl (C=O) groups excluding carboxylic acids is 1. The Hall–Kier alpha value is -3.15. The van der Waals surface area contributed by atoms with Crippen molar-refractivity contribution in [2.24, 2.45) is 0 Å². The van der Waals surface area contributed by atoms with Crippen LogP contribution in [0.1, 0.15) is 27.5 Å². The summed E-state index contributed by atoms with van der Waals surface area (Å²) in [5, 5.41) is 12.5. The maximum Gasteiger partial charge on any atom is 0.294 e. The lowest BCUT2D eigenvalue weighted by Crippen LogP contribution is -2.50. The fraction of sp³-hybridized carbons (Fsp3) is 0.304. The summed E-state index contributed by atoms with van der Waals surface area (Å²) in [5.41, 5.74) is 4.00. The molecule has 0 spiro atoms. The number of benzene rings is 1. The molecule has 1 fully saturated rings. The Balaban J connectivity index is 1.66. The van der Waals surface area contributed by atoms with Crippen molar-refractivity contribution < 1.29 is 23.1 Å². The van der Waals surface area contributed by atoms with Crippen molar-refractivity contribution in [2.75, 3.05) is 31.2 Å². The van der Waals surface area contributed by atoms with Gasteiger partial charge in [-0.2, -0.15) is 0 Å². The molecule has 200 valence electrons. The van der Waals surface area contributed by atoms with Crippen LogP contribution in [-0.2, 0) is 14.7 Å². The lowest BCUT2D eigenvalue weighted by atomic mass is 10.2. The molecule has 3 aromatic rings. The second kappa shape index (κ2) is 11.7. The number of halogens is 2. The van der Waals surface area contributed by atoms with Crippen LogP contribution in [0.5, 0.6) is 0 Å². The van der Waals surface area contributed by atoms with Gasteiger partial charge in [-0.3, -0.25) is 14.8 Å². The Labute approximate surface area is 232 Å². The molecule has 0 atom stereocenters. The molecule has 3 heterocycles. The highest BCUT2D eigenvalue weighted by Crippen LogP contribution is 2.35. The number of sulfone groups is 1. The molecule has 0 saturated carbocycles. The highest BCUT2D eigenvalue weighted by molar-refractivity contribution is 7.91. The highest BCUT2D eigenvalue weighted by Gasteiger charge is 2.27. The van der Waals surface area contributed by atoms with Gasteiger partial charge in [-0.1, -0.05) is 35.0 Å². The molecule has 0 unspecified atom stereocenters. The van der Waals surface area contributed by atoms with E-state index in [-0.39, 0.29) is 43.3 Å². The molecule has 15 heteroatoms. The summed E-state index contributed by atoms with van der Waals surface area (Å²) in [7, 11) is -3.10. The fourth-order valence-corrected chi connectivity index (χ4v) is 6.32. The molecule has 1 aliphatic heterocycles. The number of hydrogen-bond acceptors (Lipinski definition) is 9. The molecule has 0 bridgehead atoms. The SMILES string of the molecule is Cc1c(C(=O)NN2CCS(=O)(=O)CC2)nc(-c2ccc(Cl)cc2Cl)n1-c1ccc(C#CCCO[N+](=O)[O-])s1. The van der Waals surface area contributed by atoms with Crippen molar-refractivity contribution in [3.05, 3.63) is 66.8 Å². The average Bonchev–Trinajstić information content (AvgIpc) is 3.44. The van der Waals surface area contributed by atoms with E-state index in [0.717, 1.165) is 0 Å². The average molecular weight is 598 g/mol. The number of aromatic nitrogens is 2. The van der Waals surface area contributed by atoms with Gasteiger partial charge >= 0.3 is 0 Å². The first-order valence-corrected chi connectivity index (χ1v) is 14.6. The lowest BCUT2D eigenvalue weighted by molar-refractivity contribution is -0.757. The summed E-state index contributed by atoms with van der Waals surface area (Å²) in [4.78, 5) is 33.0. The molecule has 1 aliphatic rings. The number of nitrogens with one attached hydrogen (secondary N) is 1. The minimum absolute atomic E-state index is 0.0382. The number of hydrazine groups is 1. The van der Waals surface area contributed by atoms with Gasteiger partial charge < -0.3 is 4.84 Å². The third-order valence-electron chi connectivity index (χ3n) is 5.55. The maximum absolute atomic E-state index is 13.2. The number of thiophene rings is 1. The zero-order valence-corrected chi connectivity index (χ0v) is 23.1. The van der Waals surface area contributed by atoms with Crippen LogP contribution in [0.15, 0.2) is 30.3 Å². The number of amides is 1. The quantitative estimate of drug-likeness (QED) is 0.189. The van der Waals surface area contributed by atoms with Crippen LogP contribution in [-0.4, -0.2) is 65.2 Å². The Morgan fingerprint density at radius 1 is 1.26 bits per heavy atom. The molecular formula is C23H21Cl2N5O6S2. The second-order valence-corrected chi connectivity index (χ2v) is 12.4. The van der Waals surface area contributed by atoms with Crippen LogP contribution < -0.4 is 5.43 Å². The van der Waals surface area contributed by atoms with E-state index in [0.29, 0.717) is 37.0 Å². The smallest absolute Gasteiger partial charge is 0.294 e. The number of hydrogen-bond donors (Lipinski definition) is 1. The Morgan fingerprint density at radius 2 is 2.00 bits per heavy atom. The number of rotatable bonds is 7. The van der Waals surface area contributed by atoms with Gasteiger partial charge in [-0.25, -0.2) is 18.4 Å². The summed E-state index contributed by atoms with van der Waals surface area (Å²) in [5.74, 6) is 5.64. The Bertz CT molecular complexity index is 1540. The van der Waals surface area contributed by atoms with E-state index < -0.39 is 20.8 Å². The van der Waals surface area contributed by atoms with Crippen molar-refractivity contribution in [2.45, 2.75) is 13.3 Å². The Morgan fingerprint density at radius 3 is 2.68 bits per heavy atom. The zero-order chi connectivity index (χ0) is 27.4. The second-order valence-electron chi connectivity index (χ2n) is 8.16. The lowest BCUT2D eigenvalue weighted by Gasteiger charge is -2.26. The standard InChI is InChI=1S/C23H21Cl2N5O6S2/c1-15-21(23(31)27-28-9-12-38(34,35)13-10-28)26-22(18-7-5-16(24)14-19(18)25)29(15)20-8-6-17(37-20)4-2-3-11-36-30(32)33/h5-8,14H,3,9-13H2,1H3,(H,27,31). The normalized spacial score (nSPS) is 14.9. The summed E-state index contributed by atoms with van der Waals surface area (Å²) >= 11 is 13.9. The molecule has 1 amide bonds. The molecule has 2 aromatic heterocycles. The van der Waals surface area contributed by atoms with Crippen LogP contribution in [0.2, 0.25) is 10.0 Å². The van der Waals surface area contributed by atoms with Gasteiger partial charge in [-0.05, 0) is 37.3 Å². The van der Waals surface area contributed by atoms with E-state index in [4.69, 9.17) is 23.2 Å². The first-order valence-electron chi connectivity index (χ1n) is 11.2. The van der Waals surface area contributed by atoms with Crippen LogP contribution >= 0.6 is 34.5 Å². The minimum atomic E-state index is -3.10. The fourth-order valence-electron chi connectivity index (χ4n) is 3.69. The zero-order valence-electron chi connectivity index (χ0n) is 19.9. The van der Waals surface area contributed by atoms with Crippen molar-refractivity contribution in [1.82, 2.24) is 20.0 Å². The summed E-state index contributed by atoms with van der Waals surface area (Å²) in [6.07, 6.45) is 0.187. The molecule has 1 N–H and O–H groups in total.